The van der Waals surface area contributed by atoms with Gasteiger partial charge in [-0.15, -0.1) is 0 Å². The molecule has 2 amide bonds. The topological polar surface area (TPSA) is 75.4 Å². The van der Waals surface area contributed by atoms with E-state index in [1.165, 1.54) is 0 Å². The Kier molecular flexibility index (Phi) is 3.72. The number of piperazine rings is 1. The molecule has 4 rings (SSSR count). The molecular formula is C19H17N3O3. The third-order valence-electron chi connectivity index (χ3n) is 4.31. The molecule has 1 aliphatic rings. The molecule has 1 atom stereocenters. The Morgan fingerprint density at radius 2 is 2.04 bits per heavy atom. The monoisotopic (exact) mass is 335 g/mol. The van der Waals surface area contributed by atoms with Gasteiger partial charge in [0.2, 0.25) is 5.91 Å². The maximum Gasteiger partial charge on any atom is 0.290 e. The zero-order valence-electron chi connectivity index (χ0n) is 13.7. The van der Waals surface area contributed by atoms with E-state index in [4.69, 9.17) is 4.42 Å². The first-order chi connectivity index (χ1) is 12.1. The van der Waals surface area contributed by atoms with E-state index < -0.39 is 6.04 Å². The Labute approximate surface area is 144 Å². The summed E-state index contributed by atoms with van der Waals surface area (Å²) < 4.78 is 5.67. The number of fused-ring (bicyclic) bond motifs is 1. The second-order valence-electron chi connectivity index (χ2n) is 6.05. The van der Waals surface area contributed by atoms with E-state index in [0.29, 0.717) is 24.2 Å². The van der Waals surface area contributed by atoms with E-state index in [2.05, 4.69) is 10.3 Å². The molecule has 1 saturated heterocycles. The average Bonchev–Trinajstić information content (AvgIpc) is 3.04. The highest BCUT2D eigenvalue weighted by atomic mass is 16.3. The molecule has 3 heterocycles. The number of benzene rings is 1. The van der Waals surface area contributed by atoms with Crippen LogP contribution in [0.4, 0.5) is 0 Å². The molecule has 0 aliphatic carbocycles. The lowest BCUT2D eigenvalue weighted by molar-refractivity contribution is -0.128. The van der Waals surface area contributed by atoms with E-state index >= 15 is 0 Å². The first-order valence-corrected chi connectivity index (χ1v) is 8.14. The van der Waals surface area contributed by atoms with E-state index in [1.54, 1.807) is 17.0 Å². The van der Waals surface area contributed by atoms with Crippen LogP contribution in [0.15, 0.2) is 52.9 Å². The molecule has 1 N–H and O–H groups in total. The number of nitrogens with zero attached hydrogens (tertiary/aromatic N) is 2. The van der Waals surface area contributed by atoms with Crippen LogP contribution in [0.1, 0.15) is 27.9 Å². The Balaban J connectivity index is 1.72. The van der Waals surface area contributed by atoms with Crippen LogP contribution in [0.3, 0.4) is 0 Å². The summed E-state index contributed by atoms with van der Waals surface area (Å²) in [6, 6.07) is 13.9. The molecule has 25 heavy (non-hydrogen) atoms. The summed E-state index contributed by atoms with van der Waals surface area (Å²) in [5, 5.41) is 2.83. The minimum absolute atomic E-state index is 0.184. The van der Waals surface area contributed by atoms with Gasteiger partial charge in [0.05, 0.1) is 0 Å². The summed E-state index contributed by atoms with van der Waals surface area (Å²) in [5.74, 6) is -0.293. The van der Waals surface area contributed by atoms with Crippen LogP contribution in [0.25, 0.3) is 11.1 Å². The Hall–Kier alpha value is -3.15. The first-order valence-electron chi connectivity index (χ1n) is 8.14. The quantitative estimate of drug-likeness (QED) is 0.780. The van der Waals surface area contributed by atoms with Crippen molar-refractivity contribution in [2.24, 2.45) is 0 Å². The average molecular weight is 335 g/mol. The number of aromatic nitrogens is 1. The zero-order valence-corrected chi connectivity index (χ0v) is 13.7. The van der Waals surface area contributed by atoms with Crippen LogP contribution < -0.4 is 5.32 Å². The third-order valence-corrected chi connectivity index (χ3v) is 4.31. The summed E-state index contributed by atoms with van der Waals surface area (Å²) in [5.41, 5.74) is 2.83. The van der Waals surface area contributed by atoms with Crippen LogP contribution in [0.5, 0.6) is 0 Å². The van der Waals surface area contributed by atoms with Crippen molar-refractivity contribution in [3.8, 4) is 0 Å². The van der Waals surface area contributed by atoms with Crippen LogP contribution in [-0.2, 0) is 4.79 Å². The standard InChI is InChI=1S/C19H17N3O3/c1-12-7-8-15-14(21-12)11-16(25-15)19(24)22-10-9-20-18(23)17(22)13-5-3-2-4-6-13/h2-8,11,17H,9-10H2,1H3,(H,20,23)/t17-/m0/s1. The Bertz CT molecular complexity index is 949. The number of rotatable bonds is 2. The number of aryl methyl sites for hydroxylation is 1. The molecule has 0 radical (unpaired) electrons. The summed E-state index contributed by atoms with van der Waals surface area (Å²) in [6.45, 7) is 2.73. The van der Waals surface area contributed by atoms with Crippen molar-refractivity contribution in [1.82, 2.24) is 15.2 Å². The van der Waals surface area contributed by atoms with Gasteiger partial charge in [0.1, 0.15) is 11.6 Å². The zero-order chi connectivity index (χ0) is 17.4. The van der Waals surface area contributed by atoms with Crippen molar-refractivity contribution in [3.05, 3.63) is 65.5 Å². The number of pyridine rings is 1. The number of furan rings is 1. The van der Waals surface area contributed by atoms with Gasteiger partial charge in [0, 0.05) is 24.8 Å². The van der Waals surface area contributed by atoms with Gasteiger partial charge in [-0.25, -0.2) is 4.98 Å². The number of carbonyl (C=O) groups is 2. The number of hydrogen-bond donors (Lipinski definition) is 1. The molecule has 0 spiro atoms. The van der Waals surface area contributed by atoms with Crippen molar-refractivity contribution in [2.75, 3.05) is 13.1 Å². The molecule has 1 fully saturated rings. The molecule has 6 heteroatoms. The minimum atomic E-state index is -0.662. The SMILES string of the molecule is Cc1ccc2oc(C(=O)N3CCNC(=O)[C@@H]3c3ccccc3)cc2n1. The summed E-state index contributed by atoms with van der Waals surface area (Å²) in [4.78, 5) is 31.3. The molecule has 3 aromatic rings. The van der Waals surface area contributed by atoms with Crippen LogP contribution in [0, 0.1) is 6.92 Å². The van der Waals surface area contributed by atoms with E-state index in [9.17, 15) is 9.59 Å². The largest absolute Gasteiger partial charge is 0.449 e. The fraction of sp³-hybridized carbons (Fsp3) is 0.211. The van der Waals surface area contributed by atoms with E-state index in [-0.39, 0.29) is 17.6 Å². The number of hydrogen-bond acceptors (Lipinski definition) is 4. The minimum Gasteiger partial charge on any atom is -0.449 e. The van der Waals surface area contributed by atoms with Gasteiger partial charge >= 0.3 is 0 Å². The molecule has 0 bridgehead atoms. The van der Waals surface area contributed by atoms with Gasteiger partial charge in [0.15, 0.2) is 11.3 Å². The fourth-order valence-electron chi connectivity index (χ4n) is 3.13. The Morgan fingerprint density at radius 3 is 2.84 bits per heavy atom. The van der Waals surface area contributed by atoms with E-state index in [0.717, 1.165) is 11.3 Å². The molecule has 1 aromatic carbocycles. The Morgan fingerprint density at radius 1 is 1.24 bits per heavy atom. The number of amides is 2. The van der Waals surface area contributed by atoms with Gasteiger partial charge in [-0.05, 0) is 24.6 Å². The normalized spacial score (nSPS) is 17.6. The highest BCUT2D eigenvalue weighted by molar-refractivity contribution is 5.99. The maximum atomic E-state index is 13.0. The van der Waals surface area contributed by atoms with Crippen molar-refractivity contribution < 1.29 is 14.0 Å². The second-order valence-corrected chi connectivity index (χ2v) is 6.05. The lowest BCUT2D eigenvalue weighted by Crippen LogP contribution is -2.52. The van der Waals surface area contributed by atoms with Crippen molar-refractivity contribution >= 4 is 22.9 Å². The first kappa shape index (κ1) is 15.4. The van der Waals surface area contributed by atoms with Crippen LogP contribution in [-0.4, -0.2) is 34.8 Å². The lowest BCUT2D eigenvalue weighted by atomic mass is 10.0. The molecule has 126 valence electrons. The molecule has 6 nitrogen and oxygen atoms in total. The molecule has 1 aliphatic heterocycles. The molecule has 2 aromatic heterocycles. The third kappa shape index (κ3) is 2.76. The van der Waals surface area contributed by atoms with Gasteiger partial charge in [-0.2, -0.15) is 0 Å². The maximum absolute atomic E-state index is 13.0. The lowest BCUT2D eigenvalue weighted by Gasteiger charge is -2.34. The van der Waals surface area contributed by atoms with Crippen LogP contribution >= 0.6 is 0 Å². The second kappa shape index (κ2) is 6.05. The van der Waals surface area contributed by atoms with Gasteiger partial charge < -0.3 is 14.6 Å². The highest BCUT2D eigenvalue weighted by Crippen LogP contribution is 2.27. The summed E-state index contributed by atoms with van der Waals surface area (Å²) in [6.07, 6.45) is 0. The van der Waals surface area contributed by atoms with Crippen molar-refractivity contribution in [3.63, 3.8) is 0 Å². The smallest absolute Gasteiger partial charge is 0.290 e. The van der Waals surface area contributed by atoms with Gasteiger partial charge in [-0.3, -0.25) is 9.59 Å². The molecule has 0 saturated carbocycles. The van der Waals surface area contributed by atoms with E-state index in [1.807, 2.05) is 43.3 Å². The van der Waals surface area contributed by atoms with Gasteiger partial charge in [-0.1, -0.05) is 30.3 Å². The van der Waals surface area contributed by atoms with Crippen molar-refractivity contribution in [1.29, 1.82) is 0 Å². The summed E-state index contributed by atoms with van der Waals surface area (Å²) >= 11 is 0. The van der Waals surface area contributed by atoms with Crippen LogP contribution in [0.2, 0.25) is 0 Å². The van der Waals surface area contributed by atoms with Crippen molar-refractivity contribution in [2.45, 2.75) is 13.0 Å². The molecule has 0 unspecified atom stereocenters. The highest BCUT2D eigenvalue weighted by Gasteiger charge is 2.36. The fourth-order valence-corrected chi connectivity index (χ4v) is 3.13. The van der Waals surface area contributed by atoms with Gasteiger partial charge in [0.25, 0.3) is 5.91 Å². The summed E-state index contributed by atoms with van der Waals surface area (Å²) in [7, 11) is 0. The number of carbonyl (C=O) groups excluding carboxylic acids is 2. The number of nitrogens with one attached hydrogen (secondary N) is 1. The predicted molar refractivity (Wildman–Crippen MR) is 92.0 cm³/mol. The predicted octanol–water partition coefficient (Wildman–Crippen LogP) is 2.45. The molecular weight excluding hydrogens is 318 g/mol.